The molecule has 0 aliphatic heterocycles. The van der Waals surface area contributed by atoms with Gasteiger partial charge in [-0.15, -0.1) is 0 Å². The predicted molar refractivity (Wildman–Crippen MR) is 90.2 cm³/mol. The first-order valence-electron chi connectivity index (χ1n) is 7.05. The van der Waals surface area contributed by atoms with Gasteiger partial charge in [0.15, 0.2) is 11.5 Å². The third-order valence-electron chi connectivity index (χ3n) is 3.55. The van der Waals surface area contributed by atoms with Gasteiger partial charge in [-0.05, 0) is 35.2 Å². The number of aromatic nitrogens is 1. The molecule has 0 aliphatic rings. The number of benzene rings is 2. The number of fused-ring (bicyclic) bond motifs is 1. The molecule has 0 aliphatic carbocycles. The van der Waals surface area contributed by atoms with Crippen LogP contribution in [0.3, 0.4) is 0 Å². The van der Waals surface area contributed by atoms with Crippen molar-refractivity contribution in [1.82, 2.24) is 4.98 Å². The average Bonchev–Trinajstić information content (AvgIpc) is 2.59. The first kappa shape index (κ1) is 14.1. The summed E-state index contributed by atoms with van der Waals surface area (Å²) in [5.74, 6) is 1.44. The fourth-order valence-electron chi connectivity index (χ4n) is 2.41. The molecule has 0 N–H and O–H groups in total. The molecule has 3 aromatic rings. The third-order valence-corrected chi connectivity index (χ3v) is 3.55. The van der Waals surface area contributed by atoms with Crippen LogP contribution < -0.4 is 9.47 Å². The Labute approximate surface area is 129 Å². The Bertz CT molecular complexity index is 819. The molecule has 2 aromatic carbocycles. The Morgan fingerprint density at radius 2 is 1.68 bits per heavy atom. The zero-order chi connectivity index (χ0) is 15.4. The van der Waals surface area contributed by atoms with Gasteiger partial charge in [0, 0.05) is 11.6 Å². The monoisotopic (exact) mass is 291 g/mol. The number of hydrogen-bond acceptors (Lipinski definition) is 3. The number of nitrogens with zero attached hydrogens (tertiary/aromatic N) is 1. The Hall–Kier alpha value is -2.81. The van der Waals surface area contributed by atoms with E-state index in [9.17, 15) is 0 Å². The highest BCUT2D eigenvalue weighted by Gasteiger charge is 2.03. The van der Waals surface area contributed by atoms with E-state index in [0.29, 0.717) is 0 Å². The topological polar surface area (TPSA) is 31.4 Å². The maximum atomic E-state index is 5.32. The van der Waals surface area contributed by atoms with E-state index in [2.05, 4.69) is 17.1 Å². The lowest BCUT2D eigenvalue weighted by atomic mass is 10.1. The summed E-state index contributed by atoms with van der Waals surface area (Å²) in [4.78, 5) is 4.46. The van der Waals surface area contributed by atoms with Crippen molar-refractivity contribution >= 4 is 22.9 Å². The maximum Gasteiger partial charge on any atom is 0.161 e. The summed E-state index contributed by atoms with van der Waals surface area (Å²) in [5.41, 5.74) is 1.99. The van der Waals surface area contributed by atoms with E-state index in [1.807, 2.05) is 54.7 Å². The van der Waals surface area contributed by atoms with Gasteiger partial charge in [0.2, 0.25) is 0 Å². The SMILES string of the molecule is COc1ccc(/C=C/c2nccc3ccccc23)cc1OC. The molecule has 0 saturated carbocycles. The van der Waals surface area contributed by atoms with Gasteiger partial charge < -0.3 is 9.47 Å². The first-order valence-corrected chi connectivity index (χ1v) is 7.05. The summed E-state index contributed by atoms with van der Waals surface area (Å²) >= 11 is 0. The van der Waals surface area contributed by atoms with Crippen molar-refractivity contribution < 1.29 is 9.47 Å². The summed E-state index contributed by atoms with van der Waals surface area (Å²) in [6.45, 7) is 0. The summed E-state index contributed by atoms with van der Waals surface area (Å²) < 4.78 is 10.6. The molecule has 110 valence electrons. The van der Waals surface area contributed by atoms with Crippen LogP contribution in [-0.4, -0.2) is 19.2 Å². The van der Waals surface area contributed by atoms with E-state index in [1.54, 1.807) is 14.2 Å². The zero-order valence-electron chi connectivity index (χ0n) is 12.6. The van der Waals surface area contributed by atoms with Crippen LogP contribution in [0.1, 0.15) is 11.3 Å². The minimum atomic E-state index is 0.718. The minimum absolute atomic E-state index is 0.718. The van der Waals surface area contributed by atoms with E-state index in [-0.39, 0.29) is 0 Å². The molecule has 3 rings (SSSR count). The van der Waals surface area contributed by atoms with Crippen molar-refractivity contribution in [2.24, 2.45) is 0 Å². The molecule has 3 heteroatoms. The van der Waals surface area contributed by atoms with E-state index in [0.717, 1.165) is 28.1 Å². The summed E-state index contributed by atoms with van der Waals surface area (Å²) in [7, 11) is 3.27. The average molecular weight is 291 g/mol. The van der Waals surface area contributed by atoms with Gasteiger partial charge in [-0.3, -0.25) is 4.98 Å². The lowest BCUT2D eigenvalue weighted by Gasteiger charge is -2.07. The van der Waals surface area contributed by atoms with Crippen LogP contribution in [0.25, 0.3) is 22.9 Å². The van der Waals surface area contributed by atoms with Gasteiger partial charge in [-0.25, -0.2) is 0 Å². The molecule has 0 amide bonds. The van der Waals surface area contributed by atoms with Crippen molar-refractivity contribution in [2.45, 2.75) is 0 Å². The number of methoxy groups -OCH3 is 2. The molecular formula is C19H17NO2. The minimum Gasteiger partial charge on any atom is -0.493 e. The van der Waals surface area contributed by atoms with Crippen LogP contribution in [0, 0.1) is 0 Å². The van der Waals surface area contributed by atoms with Crippen molar-refractivity contribution in [3.63, 3.8) is 0 Å². The van der Waals surface area contributed by atoms with Gasteiger partial charge in [0.25, 0.3) is 0 Å². The van der Waals surface area contributed by atoms with Gasteiger partial charge in [-0.1, -0.05) is 36.4 Å². The standard InChI is InChI=1S/C19H17NO2/c1-21-18-10-8-14(13-19(18)22-2)7-9-17-16-6-4-3-5-15(16)11-12-20-17/h3-13H,1-2H3/b9-7+. The number of ether oxygens (including phenoxy) is 2. The molecule has 22 heavy (non-hydrogen) atoms. The van der Waals surface area contributed by atoms with Crippen molar-refractivity contribution in [2.75, 3.05) is 14.2 Å². The normalized spacial score (nSPS) is 11.0. The largest absolute Gasteiger partial charge is 0.493 e. The quantitative estimate of drug-likeness (QED) is 0.713. The van der Waals surface area contributed by atoms with Gasteiger partial charge >= 0.3 is 0 Å². The van der Waals surface area contributed by atoms with Crippen LogP contribution >= 0.6 is 0 Å². The second-order valence-corrected chi connectivity index (χ2v) is 4.87. The molecule has 0 radical (unpaired) electrons. The highest BCUT2D eigenvalue weighted by molar-refractivity contribution is 5.91. The number of rotatable bonds is 4. The predicted octanol–water partition coefficient (Wildman–Crippen LogP) is 4.42. The van der Waals surface area contributed by atoms with Crippen LogP contribution in [0.4, 0.5) is 0 Å². The number of pyridine rings is 1. The molecule has 0 unspecified atom stereocenters. The lowest BCUT2D eigenvalue weighted by molar-refractivity contribution is 0.355. The molecule has 0 fully saturated rings. The van der Waals surface area contributed by atoms with E-state index < -0.39 is 0 Å². The highest BCUT2D eigenvalue weighted by atomic mass is 16.5. The fourth-order valence-corrected chi connectivity index (χ4v) is 2.41. The van der Waals surface area contributed by atoms with Crippen LogP contribution in [0.5, 0.6) is 11.5 Å². The van der Waals surface area contributed by atoms with Gasteiger partial charge in [0.05, 0.1) is 19.9 Å². The van der Waals surface area contributed by atoms with Crippen LogP contribution in [-0.2, 0) is 0 Å². The van der Waals surface area contributed by atoms with E-state index in [4.69, 9.17) is 9.47 Å². The third kappa shape index (κ3) is 2.79. The molecule has 0 bridgehead atoms. The molecule has 0 atom stereocenters. The van der Waals surface area contributed by atoms with Crippen LogP contribution in [0.2, 0.25) is 0 Å². The smallest absolute Gasteiger partial charge is 0.161 e. The Kier molecular flexibility index (Phi) is 4.05. The lowest BCUT2D eigenvalue weighted by Crippen LogP contribution is -1.90. The summed E-state index contributed by atoms with van der Waals surface area (Å²) in [5, 5.41) is 2.33. The molecule has 0 spiro atoms. The molecular weight excluding hydrogens is 274 g/mol. The fraction of sp³-hybridized carbons (Fsp3) is 0.105. The maximum absolute atomic E-state index is 5.32. The number of hydrogen-bond donors (Lipinski definition) is 0. The molecule has 3 nitrogen and oxygen atoms in total. The molecule has 1 aromatic heterocycles. The molecule has 0 saturated heterocycles. The van der Waals surface area contributed by atoms with Crippen molar-refractivity contribution in [3.8, 4) is 11.5 Å². The Morgan fingerprint density at radius 3 is 2.50 bits per heavy atom. The summed E-state index contributed by atoms with van der Waals surface area (Å²) in [6, 6.07) is 16.1. The van der Waals surface area contributed by atoms with Crippen molar-refractivity contribution in [1.29, 1.82) is 0 Å². The van der Waals surface area contributed by atoms with Gasteiger partial charge in [-0.2, -0.15) is 0 Å². The van der Waals surface area contributed by atoms with Crippen LogP contribution in [0.15, 0.2) is 54.7 Å². The highest BCUT2D eigenvalue weighted by Crippen LogP contribution is 2.28. The van der Waals surface area contributed by atoms with E-state index >= 15 is 0 Å². The Morgan fingerprint density at radius 1 is 0.864 bits per heavy atom. The zero-order valence-corrected chi connectivity index (χ0v) is 12.6. The molecule has 1 heterocycles. The Balaban J connectivity index is 1.96. The van der Waals surface area contributed by atoms with Gasteiger partial charge in [0.1, 0.15) is 0 Å². The summed E-state index contributed by atoms with van der Waals surface area (Å²) in [6.07, 6.45) is 5.87. The van der Waals surface area contributed by atoms with E-state index in [1.165, 1.54) is 5.39 Å². The second-order valence-electron chi connectivity index (χ2n) is 4.87. The second kappa shape index (κ2) is 6.31. The first-order chi connectivity index (χ1) is 10.8. The van der Waals surface area contributed by atoms with Crippen molar-refractivity contribution in [3.05, 3.63) is 66.0 Å².